The monoisotopic (exact) mass is 293 g/mol. The Labute approximate surface area is 127 Å². The van der Waals surface area contributed by atoms with Crippen LogP contribution in [0.1, 0.15) is 44.2 Å². The predicted molar refractivity (Wildman–Crippen MR) is 85.0 cm³/mol. The Kier molecular flexibility index (Phi) is 6.69. The van der Waals surface area contributed by atoms with Crippen LogP contribution in [0.4, 0.5) is 0 Å². The molecule has 0 aliphatic rings. The minimum absolute atomic E-state index is 0.582. The van der Waals surface area contributed by atoms with Gasteiger partial charge in [-0.15, -0.1) is 0 Å². The highest BCUT2D eigenvalue weighted by Crippen LogP contribution is 2.19. The van der Waals surface area contributed by atoms with Crippen molar-refractivity contribution in [1.29, 1.82) is 0 Å². The van der Waals surface area contributed by atoms with Crippen LogP contribution in [0.5, 0.6) is 5.75 Å². The fraction of sp³-hybridized carbons (Fsp3) is 0.588. The van der Waals surface area contributed by atoms with Gasteiger partial charge in [0, 0.05) is 0 Å². The standard InChI is InChI=1S/C17H27NO3/c1-5-9-17(4,16(19)20)18-10-6-11-21-15-12-13(2)7-8-14(15)3/h7-8,12,18H,5-6,9-11H2,1-4H3,(H,19,20). The second-order valence-electron chi connectivity index (χ2n) is 5.79. The number of carboxylic acid groups (broad SMARTS) is 1. The third-order valence-corrected chi connectivity index (χ3v) is 3.66. The van der Waals surface area contributed by atoms with Crippen molar-refractivity contribution in [3.8, 4) is 5.75 Å². The molecule has 0 radical (unpaired) electrons. The van der Waals surface area contributed by atoms with Gasteiger partial charge < -0.3 is 15.2 Å². The van der Waals surface area contributed by atoms with E-state index < -0.39 is 11.5 Å². The molecule has 0 saturated carbocycles. The highest BCUT2D eigenvalue weighted by molar-refractivity contribution is 5.78. The molecule has 1 atom stereocenters. The van der Waals surface area contributed by atoms with Crippen LogP contribution in [0.2, 0.25) is 0 Å². The number of rotatable bonds is 9. The molecular formula is C17H27NO3. The van der Waals surface area contributed by atoms with Gasteiger partial charge in [0.05, 0.1) is 6.61 Å². The Morgan fingerprint density at radius 1 is 1.38 bits per heavy atom. The molecule has 0 heterocycles. The average Bonchev–Trinajstić information content (AvgIpc) is 2.42. The van der Waals surface area contributed by atoms with Crippen LogP contribution < -0.4 is 10.1 Å². The summed E-state index contributed by atoms with van der Waals surface area (Å²) in [6.07, 6.45) is 2.24. The molecule has 1 aromatic carbocycles. The Morgan fingerprint density at radius 2 is 2.10 bits per heavy atom. The van der Waals surface area contributed by atoms with Crippen molar-refractivity contribution >= 4 is 5.97 Å². The molecule has 0 aliphatic carbocycles. The summed E-state index contributed by atoms with van der Waals surface area (Å²) in [6.45, 7) is 9.01. The number of hydrogen-bond donors (Lipinski definition) is 2. The first kappa shape index (κ1) is 17.5. The van der Waals surface area contributed by atoms with Crippen LogP contribution in [-0.4, -0.2) is 29.8 Å². The highest BCUT2D eigenvalue weighted by atomic mass is 16.5. The van der Waals surface area contributed by atoms with Crippen LogP contribution in [0.15, 0.2) is 18.2 Å². The van der Waals surface area contributed by atoms with Gasteiger partial charge in [-0.05, 0) is 57.4 Å². The van der Waals surface area contributed by atoms with Crippen LogP contribution in [0.25, 0.3) is 0 Å². The summed E-state index contributed by atoms with van der Waals surface area (Å²) >= 11 is 0. The molecule has 0 fully saturated rings. The third-order valence-electron chi connectivity index (χ3n) is 3.66. The first-order chi connectivity index (χ1) is 9.89. The van der Waals surface area contributed by atoms with Gasteiger partial charge >= 0.3 is 5.97 Å². The molecule has 0 saturated heterocycles. The van der Waals surface area contributed by atoms with Gasteiger partial charge in [0.2, 0.25) is 0 Å². The molecule has 1 aromatic rings. The number of aliphatic carboxylic acids is 1. The van der Waals surface area contributed by atoms with E-state index in [0.717, 1.165) is 24.2 Å². The summed E-state index contributed by atoms with van der Waals surface area (Å²) in [7, 11) is 0. The lowest BCUT2D eigenvalue weighted by molar-refractivity contribution is -0.144. The van der Waals surface area contributed by atoms with Crippen LogP contribution in [0.3, 0.4) is 0 Å². The second kappa shape index (κ2) is 8.03. The van der Waals surface area contributed by atoms with Gasteiger partial charge in [0.1, 0.15) is 11.3 Å². The van der Waals surface area contributed by atoms with Gasteiger partial charge in [0.25, 0.3) is 0 Å². The van der Waals surface area contributed by atoms with E-state index in [1.165, 1.54) is 5.56 Å². The summed E-state index contributed by atoms with van der Waals surface area (Å²) in [5, 5.41) is 12.4. The van der Waals surface area contributed by atoms with Crippen LogP contribution in [-0.2, 0) is 4.79 Å². The van der Waals surface area contributed by atoms with Gasteiger partial charge in [-0.1, -0.05) is 25.5 Å². The Hall–Kier alpha value is -1.55. The number of ether oxygens (including phenoxy) is 1. The first-order valence-electron chi connectivity index (χ1n) is 7.57. The minimum atomic E-state index is -0.839. The molecule has 1 unspecified atom stereocenters. The Morgan fingerprint density at radius 3 is 2.71 bits per heavy atom. The molecule has 1 rings (SSSR count). The molecule has 0 aliphatic heterocycles. The van der Waals surface area contributed by atoms with E-state index in [9.17, 15) is 9.90 Å². The van der Waals surface area contributed by atoms with Gasteiger partial charge in [-0.3, -0.25) is 4.79 Å². The van der Waals surface area contributed by atoms with E-state index in [1.54, 1.807) is 6.92 Å². The molecule has 21 heavy (non-hydrogen) atoms. The van der Waals surface area contributed by atoms with Gasteiger partial charge in [-0.25, -0.2) is 0 Å². The lowest BCUT2D eigenvalue weighted by atomic mass is 9.96. The van der Waals surface area contributed by atoms with Gasteiger partial charge in [0.15, 0.2) is 0 Å². The summed E-state index contributed by atoms with van der Waals surface area (Å²) in [4.78, 5) is 11.3. The quantitative estimate of drug-likeness (QED) is 0.686. The van der Waals surface area contributed by atoms with Crippen molar-refractivity contribution in [2.75, 3.05) is 13.2 Å². The highest BCUT2D eigenvalue weighted by Gasteiger charge is 2.30. The number of aryl methyl sites for hydroxylation is 2. The maximum absolute atomic E-state index is 11.3. The zero-order valence-corrected chi connectivity index (χ0v) is 13.5. The summed E-state index contributed by atoms with van der Waals surface area (Å²) in [5.41, 5.74) is 1.46. The third kappa shape index (κ3) is 5.38. The molecule has 4 heteroatoms. The molecule has 0 spiro atoms. The smallest absolute Gasteiger partial charge is 0.323 e. The van der Waals surface area contributed by atoms with E-state index in [2.05, 4.69) is 11.4 Å². The van der Waals surface area contributed by atoms with Gasteiger partial charge in [-0.2, -0.15) is 0 Å². The van der Waals surface area contributed by atoms with Crippen LogP contribution >= 0.6 is 0 Å². The van der Waals surface area contributed by atoms with Crippen molar-refractivity contribution in [3.63, 3.8) is 0 Å². The Balaban J connectivity index is 2.37. The predicted octanol–water partition coefficient (Wildman–Crippen LogP) is 3.31. The SMILES string of the molecule is CCCC(C)(NCCCOc1cc(C)ccc1C)C(=O)O. The van der Waals surface area contributed by atoms with Crippen molar-refractivity contribution in [3.05, 3.63) is 29.3 Å². The zero-order valence-electron chi connectivity index (χ0n) is 13.5. The molecule has 2 N–H and O–H groups in total. The number of benzene rings is 1. The lowest BCUT2D eigenvalue weighted by Crippen LogP contribution is -2.49. The minimum Gasteiger partial charge on any atom is -0.493 e. The summed E-state index contributed by atoms with van der Waals surface area (Å²) in [6, 6.07) is 6.14. The molecule has 0 aromatic heterocycles. The van der Waals surface area contributed by atoms with Crippen molar-refractivity contribution in [2.45, 2.75) is 52.5 Å². The fourth-order valence-electron chi connectivity index (χ4n) is 2.25. The fourth-order valence-corrected chi connectivity index (χ4v) is 2.25. The largest absolute Gasteiger partial charge is 0.493 e. The summed E-state index contributed by atoms with van der Waals surface area (Å²) in [5.74, 6) is 0.115. The van der Waals surface area contributed by atoms with Crippen molar-refractivity contribution < 1.29 is 14.6 Å². The second-order valence-corrected chi connectivity index (χ2v) is 5.79. The Bertz CT molecular complexity index is 473. The average molecular weight is 293 g/mol. The molecule has 118 valence electrons. The molecule has 4 nitrogen and oxygen atoms in total. The first-order valence-corrected chi connectivity index (χ1v) is 7.57. The van der Waals surface area contributed by atoms with Crippen molar-refractivity contribution in [2.24, 2.45) is 0 Å². The number of carboxylic acids is 1. The molecular weight excluding hydrogens is 266 g/mol. The van der Waals surface area contributed by atoms with E-state index in [-0.39, 0.29) is 0 Å². The number of hydrogen-bond acceptors (Lipinski definition) is 3. The van der Waals surface area contributed by atoms with E-state index in [1.807, 2.05) is 32.9 Å². The van der Waals surface area contributed by atoms with Crippen LogP contribution in [0, 0.1) is 13.8 Å². The maximum Gasteiger partial charge on any atom is 0.323 e. The number of nitrogens with one attached hydrogen (secondary N) is 1. The number of carbonyl (C=O) groups is 1. The maximum atomic E-state index is 11.3. The normalized spacial score (nSPS) is 13.7. The molecule has 0 bridgehead atoms. The van der Waals surface area contributed by atoms with E-state index >= 15 is 0 Å². The topological polar surface area (TPSA) is 58.6 Å². The molecule has 0 amide bonds. The zero-order chi connectivity index (χ0) is 15.9. The van der Waals surface area contributed by atoms with E-state index in [4.69, 9.17) is 4.74 Å². The lowest BCUT2D eigenvalue weighted by Gasteiger charge is -2.25. The van der Waals surface area contributed by atoms with Crippen molar-refractivity contribution in [1.82, 2.24) is 5.32 Å². The van der Waals surface area contributed by atoms with E-state index in [0.29, 0.717) is 19.6 Å². The summed E-state index contributed by atoms with van der Waals surface area (Å²) < 4.78 is 5.77.